The predicted octanol–water partition coefficient (Wildman–Crippen LogP) is 2.86. The molecule has 0 bridgehead atoms. The lowest BCUT2D eigenvalue weighted by Crippen LogP contribution is -2.31. The molecule has 0 radical (unpaired) electrons. The van der Waals surface area contributed by atoms with Crippen LogP contribution >= 0.6 is 15.9 Å². The van der Waals surface area contributed by atoms with E-state index in [0.717, 1.165) is 12.8 Å². The molecule has 0 aromatic heterocycles. The fourth-order valence-corrected chi connectivity index (χ4v) is 2.05. The number of carboxylic acid groups (broad SMARTS) is 1. The molecule has 1 fully saturated rings. The molecule has 1 saturated carbocycles. The maximum Gasteiger partial charge on any atom is 0.326 e. The van der Waals surface area contributed by atoms with Gasteiger partial charge in [-0.15, -0.1) is 0 Å². The Labute approximate surface area is 101 Å². The van der Waals surface area contributed by atoms with Crippen LogP contribution in [-0.4, -0.2) is 17.1 Å². The van der Waals surface area contributed by atoms with Crippen LogP contribution in [0.4, 0.5) is 10.1 Å². The summed E-state index contributed by atoms with van der Waals surface area (Å²) >= 11 is 3.20. The summed E-state index contributed by atoms with van der Waals surface area (Å²) < 4.78 is 13.4. The molecule has 0 heterocycles. The van der Waals surface area contributed by atoms with Gasteiger partial charge in [0.05, 0.1) is 0 Å². The second-order valence-corrected chi connectivity index (χ2v) is 4.78. The molecular formula is C11H11BrFNO2. The highest BCUT2D eigenvalue weighted by atomic mass is 79.9. The number of hydrogen-bond acceptors (Lipinski definition) is 2. The van der Waals surface area contributed by atoms with E-state index in [9.17, 15) is 9.18 Å². The minimum atomic E-state index is -0.862. The van der Waals surface area contributed by atoms with E-state index >= 15 is 0 Å². The molecule has 0 saturated heterocycles. The Morgan fingerprint density at radius 3 is 2.75 bits per heavy atom. The standard InChI is InChI=1S/C11H11BrFNO2/c12-8-5-7(13)3-4-9(8)14-10(11(15)16)6-1-2-6/h3-6,10,14H,1-2H2,(H,15,16). The Kier molecular flexibility index (Phi) is 3.14. The fraction of sp³-hybridized carbons (Fsp3) is 0.364. The molecule has 0 spiro atoms. The topological polar surface area (TPSA) is 49.3 Å². The number of anilines is 1. The maximum atomic E-state index is 12.8. The minimum absolute atomic E-state index is 0.189. The predicted molar refractivity (Wildman–Crippen MR) is 61.9 cm³/mol. The van der Waals surface area contributed by atoms with Crippen molar-refractivity contribution in [3.63, 3.8) is 0 Å². The highest BCUT2D eigenvalue weighted by molar-refractivity contribution is 9.10. The summed E-state index contributed by atoms with van der Waals surface area (Å²) in [6.07, 6.45) is 1.87. The largest absolute Gasteiger partial charge is 0.480 e. The molecule has 1 aliphatic rings. The molecule has 2 rings (SSSR count). The van der Waals surface area contributed by atoms with Crippen molar-refractivity contribution in [2.24, 2.45) is 5.92 Å². The molecule has 1 aromatic rings. The normalized spacial score (nSPS) is 16.9. The Bertz CT molecular complexity index is 420. The van der Waals surface area contributed by atoms with Gasteiger partial charge in [-0.1, -0.05) is 0 Å². The molecular weight excluding hydrogens is 277 g/mol. The molecule has 1 unspecified atom stereocenters. The first kappa shape index (κ1) is 11.4. The second-order valence-electron chi connectivity index (χ2n) is 3.92. The number of carboxylic acids is 1. The first-order chi connectivity index (χ1) is 7.58. The number of halogens is 2. The zero-order chi connectivity index (χ0) is 11.7. The Hall–Kier alpha value is -1.10. The second kappa shape index (κ2) is 4.41. The minimum Gasteiger partial charge on any atom is -0.480 e. The van der Waals surface area contributed by atoms with Crippen molar-refractivity contribution in [3.8, 4) is 0 Å². The zero-order valence-electron chi connectivity index (χ0n) is 8.41. The Morgan fingerprint density at radius 1 is 1.56 bits per heavy atom. The van der Waals surface area contributed by atoms with Crippen LogP contribution in [0, 0.1) is 11.7 Å². The van der Waals surface area contributed by atoms with Gasteiger partial charge in [-0.25, -0.2) is 9.18 Å². The van der Waals surface area contributed by atoms with Gasteiger partial charge in [-0.05, 0) is 52.9 Å². The lowest BCUT2D eigenvalue weighted by Gasteiger charge is -2.16. The van der Waals surface area contributed by atoms with Gasteiger partial charge in [-0.2, -0.15) is 0 Å². The summed E-state index contributed by atoms with van der Waals surface area (Å²) in [7, 11) is 0. The number of rotatable bonds is 4. The van der Waals surface area contributed by atoms with E-state index in [4.69, 9.17) is 5.11 Å². The van der Waals surface area contributed by atoms with Crippen molar-refractivity contribution in [1.29, 1.82) is 0 Å². The highest BCUT2D eigenvalue weighted by Gasteiger charge is 2.36. The third kappa shape index (κ3) is 2.52. The van der Waals surface area contributed by atoms with Crippen molar-refractivity contribution in [2.45, 2.75) is 18.9 Å². The number of hydrogen-bond donors (Lipinski definition) is 2. The fourth-order valence-electron chi connectivity index (χ4n) is 1.58. The van der Waals surface area contributed by atoms with E-state index in [2.05, 4.69) is 21.2 Å². The maximum absolute atomic E-state index is 12.8. The summed E-state index contributed by atoms with van der Waals surface area (Å²) in [4.78, 5) is 11.0. The highest BCUT2D eigenvalue weighted by Crippen LogP contribution is 2.35. The first-order valence-electron chi connectivity index (χ1n) is 5.02. The van der Waals surface area contributed by atoms with Gasteiger partial charge in [-0.3, -0.25) is 0 Å². The molecule has 0 aliphatic heterocycles. The van der Waals surface area contributed by atoms with E-state index in [-0.39, 0.29) is 11.7 Å². The van der Waals surface area contributed by atoms with Crippen LogP contribution in [0.15, 0.2) is 22.7 Å². The molecule has 86 valence electrons. The average molecular weight is 288 g/mol. The summed E-state index contributed by atoms with van der Waals surface area (Å²) in [6, 6.07) is 3.58. The lowest BCUT2D eigenvalue weighted by molar-refractivity contribution is -0.138. The van der Waals surface area contributed by atoms with Gasteiger partial charge >= 0.3 is 5.97 Å². The van der Waals surface area contributed by atoms with Gasteiger partial charge in [0.15, 0.2) is 0 Å². The molecule has 1 aromatic carbocycles. The number of aliphatic carboxylic acids is 1. The SMILES string of the molecule is O=C(O)C(Nc1ccc(F)cc1Br)C1CC1. The van der Waals surface area contributed by atoms with E-state index in [1.807, 2.05) is 0 Å². The smallest absolute Gasteiger partial charge is 0.326 e. The summed E-state index contributed by atoms with van der Waals surface area (Å²) in [5, 5.41) is 12.0. The molecule has 1 atom stereocenters. The lowest BCUT2D eigenvalue weighted by atomic mass is 10.1. The van der Waals surface area contributed by atoms with Crippen LogP contribution in [0.5, 0.6) is 0 Å². The molecule has 5 heteroatoms. The summed E-state index contributed by atoms with van der Waals surface area (Å²) in [5.41, 5.74) is 0.612. The Balaban J connectivity index is 2.15. The number of nitrogens with one attached hydrogen (secondary N) is 1. The van der Waals surface area contributed by atoms with Crippen LogP contribution in [0.2, 0.25) is 0 Å². The third-order valence-electron chi connectivity index (χ3n) is 2.60. The van der Waals surface area contributed by atoms with Crippen LogP contribution in [-0.2, 0) is 4.79 Å². The quantitative estimate of drug-likeness (QED) is 0.895. The molecule has 1 aliphatic carbocycles. The van der Waals surface area contributed by atoms with Crippen LogP contribution < -0.4 is 5.32 Å². The summed E-state index contributed by atoms with van der Waals surface area (Å²) in [6.45, 7) is 0. The van der Waals surface area contributed by atoms with E-state index in [0.29, 0.717) is 10.2 Å². The van der Waals surface area contributed by atoms with E-state index in [1.54, 1.807) is 0 Å². The van der Waals surface area contributed by atoms with Gasteiger partial charge < -0.3 is 10.4 Å². The van der Waals surface area contributed by atoms with Gasteiger partial charge in [0.1, 0.15) is 11.9 Å². The summed E-state index contributed by atoms with van der Waals surface area (Å²) in [5.74, 6) is -1.02. The Morgan fingerprint density at radius 2 is 2.25 bits per heavy atom. The monoisotopic (exact) mass is 287 g/mol. The van der Waals surface area contributed by atoms with Crippen LogP contribution in [0.3, 0.4) is 0 Å². The van der Waals surface area contributed by atoms with E-state index < -0.39 is 12.0 Å². The van der Waals surface area contributed by atoms with Crippen molar-refractivity contribution >= 4 is 27.6 Å². The number of benzene rings is 1. The van der Waals surface area contributed by atoms with Gasteiger partial charge in [0, 0.05) is 10.2 Å². The van der Waals surface area contributed by atoms with Crippen molar-refractivity contribution in [3.05, 3.63) is 28.5 Å². The zero-order valence-corrected chi connectivity index (χ0v) is 10.00. The molecule has 16 heavy (non-hydrogen) atoms. The van der Waals surface area contributed by atoms with Gasteiger partial charge in [0.2, 0.25) is 0 Å². The number of carbonyl (C=O) groups is 1. The van der Waals surface area contributed by atoms with Crippen molar-refractivity contribution < 1.29 is 14.3 Å². The van der Waals surface area contributed by atoms with E-state index in [1.165, 1.54) is 18.2 Å². The molecule has 3 nitrogen and oxygen atoms in total. The van der Waals surface area contributed by atoms with Crippen molar-refractivity contribution in [1.82, 2.24) is 0 Å². The third-order valence-corrected chi connectivity index (χ3v) is 3.26. The molecule has 0 amide bonds. The first-order valence-corrected chi connectivity index (χ1v) is 5.81. The molecule has 2 N–H and O–H groups in total. The van der Waals surface area contributed by atoms with Crippen molar-refractivity contribution in [2.75, 3.05) is 5.32 Å². The van der Waals surface area contributed by atoms with Gasteiger partial charge in [0.25, 0.3) is 0 Å². The average Bonchev–Trinajstić information content (AvgIpc) is 2.99. The van der Waals surface area contributed by atoms with Crippen LogP contribution in [0.25, 0.3) is 0 Å². The van der Waals surface area contributed by atoms with Crippen LogP contribution in [0.1, 0.15) is 12.8 Å².